The molecule has 1 N–H and O–H groups in total. The Hall–Kier alpha value is -1.20. The SMILES string of the molecule is CC(C)c1ccc(C(=O)CCS(=O)(=O)O)cc1. The molecule has 0 bridgehead atoms. The number of carbonyl (C=O) groups is 1. The zero-order valence-electron chi connectivity index (χ0n) is 9.88. The molecule has 0 radical (unpaired) electrons. The second-order valence-electron chi connectivity index (χ2n) is 4.24. The second kappa shape index (κ2) is 5.42. The van der Waals surface area contributed by atoms with Crippen LogP contribution < -0.4 is 0 Å². The Morgan fingerprint density at radius 2 is 1.76 bits per heavy atom. The Bertz CT molecular complexity index is 486. The van der Waals surface area contributed by atoms with Gasteiger partial charge in [-0.05, 0) is 11.5 Å². The van der Waals surface area contributed by atoms with Crippen molar-refractivity contribution in [3.8, 4) is 0 Å². The van der Waals surface area contributed by atoms with Crippen LogP contribution in [0.25, 0.3) is 0 Å². The maximum atomic E-state index is 11.6. The van der Waals surface area contributed by atoms with Crippen molar-refractivity contribution in [2.24, 2.45) is 0 Å². The lowest BCUT2D eigenvalue weighted by molar-refractivity contribution is 0.0988. The molecule has 1 rings (SSSR count). The van der Waals surface area contributed by atoms with Gasteiger partial charge in [-0.25, -0.2) is 0 Å². The minimum Gasteiger partial charge on any atom is -0.294 e. The van der Waals surface area contributed by atoms with Crippen LogP contribution in [0, 0.1) is 0 Å². The summed E-state index contributed by atoms with van der Waals surface area (Å²) in [6, 6.07) is 7.07. The lowest BCUT2D eigenvalue weighted by Gasteiger charge is -2.06. The Morgan fingerprint density at radius 1 is 1.24 bits per heavy atom. The average Bonchev–Trinajstić information content (AvgIpc) is 2.25. The molecule has 0 aliphatic carbocycles. The minimum atomic E-state index is -4.07. The van der Waals surface area contributed by atoms with Crippen LogP contribution in [0.15, 0.2) is 24.3 Å². The molecule has 5 heteroatoms. The van der Waals surface area contributed by atoms with E-state index in [-0.39, 0.29) is 12.2 Å². The lowest BCUT2D eigenvalue weighted by Crippen LogP contribution is -2.10. The molecular weight excluding hydrogens is 240 g/mol. The summed E-state index contributed by atoms with van der Waals surface area (Å²) in [4.78, 5) is 11.6. The molecule has 94 valence electrons. The van der Waals surface area contributed by atoms with E-state index in [2.05, 4.69) is 13.8 Å². The van der Waals surface area contributed by atoms with Gasteiger partial charge in [0.15, 0.2) is 5.78 Å². The quantitative estimate of drug-likeness (QED) is 0.648. The molecule has 0 fully saturated rings. The van der Waals surface area contributed by atoms with Gasteiger partial charge >= 0.3 is 0 Å². The van der Waals surface area contributed by atoms with Crippen LogP contribution in [0.4, 0.5) is 0 Å². The monoisotopic (exact) mass is 256 g/mol. The third kappa shape index (κ3) is 4.66. The van der Waals surface area contributed by atoms with Crippen molar-refractivity contribution in [2.75, 3.05) is 5.75 Å². The lowest BCUT2D eigenvalue weighted by atomic mass is 10.00. The third-order valence-corrected chi connectivity index (χ3v) is 3.21. The van der Waals surface area contributed by atoms with Gasteiger partial charge in [0.2, 0.25) is 0 Å². The predicted molar refractivity (Wildman–Crippen MR) is 65.9 cm³/mol. The molecule has 0 aliphatic rings. The molecule has 1 aromatic rings. The van der Waals surface area contributed by atoms with Crippen LogP contribution in [0.5, 0.6) is 0 Å². The Morgan fingerprint density at radius 3 is 2.18 bits per heavy atom. The first-order valence-corrected chi connectivity index (χ1v) is 6.99. The molecule has 0 aromatic heterocycles. The summed E-state index contributed by atoms with van der Waals surface area (Å²) in [5.41, 5.74) is 1.59. The van der Waals surface area contributed by atoms with Crippen LogP contribution in [0.3, 0.4) is 0 Å². The highest BCUT2D eigenvalue weighted by Crippen LogP contribution is 2.15. The van der Waals surface area contributed by atoms with Crippen molar-refractivity contribution in [1.29, 1.82) is 0 Å². The van der Waals surface area contributed by atoms with Crippen molar-refractivity contribution >= 4 is 15.9 Å². The zero-order valence-corrected chi connectivity index (χ0v) is 10.7. The molecule has 0 saturated heterocycles. The van der Waals surface area contributed by atoms with E-state index < -0.39 is 15.9 Å². The maximum absolute atomic E-state index is 11.6. The van der Waals surface area contributed by atoms with E-state index in [1.54, 1.807) is 12.1 Å². The van der Waals surface area contributed by atoms with E-state index in [1.165, 1.54) is 0 Å². The maximum Gasteiger partial charge on any atom is 0.265 e. The van der Waals surface area contributed by atoms with E-state index in [0.717, 1.165) is 5.56 Å². The highest BCUT2D eigenvalue weighted by molar-refractivity contribution is 7.85. The molecule has 1 aromatic carbocycles. The zero-order chi connectivity index (χ0) is 13.1. The summed E-state index contributed by atoms with van der Waals surface area (Å²) in [6.07, 6.45) is -0.195. The average molecular weight is 256 g/mol. The van der Waals surface area contributed by atoms with E-state index in [0.29, 0.717) is 11.5 Å². The fourth-order valence-corrected chi connectivity index (χ4v) is 1.86. The first kappa shape index (κ1) is 13.9. The van der Waals surface area contributed by atoms with Crippen molar-refractivity contribution < 1.29 is 17.8 Å². The van der Waals surface area contributed by atoms with Crippen LogP contribution in [0.1, 0.15) is 42.1 Å². The first-order chi connectivity index (χ1) is 7.79. The van der Waals surface area contributed by atoms with Crippen LogP contribution in [0.2, 0.25) is 0 Å². The van der Waals surface area contributed by atoms with Crippen LogP contribution >= 0.6 is 0 Å². The van der Waals surface area contributed by atoms with Gasteiger partial charge in [0.25, 0.3) is 10.1 Å². The summed E-state index contributed by atoms with van der Waals surface area (Å²) in [6.45, 7) is 4.10. The van der Waals surface area contributed by atoms with Crippen molar-refractivity contribution in [3.63, 3.8) is 0 Å². The van der Waals surface area contributed by atoms with Gasteiger partial charge in [0, 0.05) is 12.0 Å². The normalized spacial score (nSPS) is 11.8. The summed E-state index contributed by atoms with van der Waals surface area (Å²) in [5, 5.41) is 0. The molecule has 0 heterocycles. The predicted octanol–water partition coefficient (Wildman–Crippen LogP) is 2.27. The number of hydrogen-bond donors (Lipinski definition) is 1. The van der Waals surface area contributed by atoms with Gasteiger partial charge in [0.1, 0.15) is 0 Å². The van der Waals surface area contributed by atoms with E-state index in [4.69, 9.17) is 4.55 Å². The molecule has 0 amide bonds. The van der Waals surface area contributed by atoms with Gasteiger partial charge in [-0.2, -0.15) is 8.42 Å². The first-order valence-electron chi connectivity index (χ1n) is 5.38. The van der Waals surface area contributed by atoms with Gasteiger partial charge < -0.3 is 0 Å². The van der Waals surface area contributed by atoms with Gasteiger partial charge in [-0.15, -0.1) is 0 Å². The molecule has 0 unspecified atom stereocenters. The summed E-state index contributed by atoms with van der Waals surface area (Å²) >= 11 is 0. The molecule has 0 aliphatic heterocycles. The molecule has 0 spiro atoms. The second-order valence-corrected chi connectivity index (χ2v) is 5.81. The van der Waals surface area contributed by atoms with Gasteiger partial charge in [-0.3, -0.25) is 9.35 Å². The molecule has 4 nitrogen and oxygen atoms in total. The Balaban J connectivity index is 2.70. The number of rotatable bonds is 5. The fourth-order valence-electron chi connectivity index (χ4n) is 1.42. The van der Waals surface area contributed by atoms with Crippen molar-refractivity contribution in [2.45, 2.75) is 26.2 Å². The van der Waals surface area contributed by atoms with Crippen LogP contribution in [-0.4, -0.2) is 24.5 Å². The number of benzene rings is 1. The standard InChI is InChI=1S/C12H16O4S/c1-9(2)10-3-5-11(6-4-10)12(13)7-8-17(14,15)16/h3-6,9H,7-8H2,1-2H3,(H,14,15,16). The highest BCUT2D eigenvalue weighted by Gasteiger charge is 2.11. The summed E-state index contributed by atoms with van der Waals surface area (Å²) in [7, 11) is -4.07. The Kier molecular flexibility index (Phi) is 4.42. The summed E-state index contributed by atoms with van der Waals surface area (Å²) < 4.78 is 29.6. The van der Waals surface area contributed by atoms with E-state index >= 15 is 0 Å². The number of ketones is 1. The van der Waals surface area contributed by atoms with Crippen molar-refractivity contribution in [1.82, 2.24) is 0 Å². The molecular formula is C12H16O4S. The fraction of sp³-hybridized carbons (Fsp3) is 0.417. The smallest absolute Gasteiger partial charge is 0.265 e. The Labute approximate surface area is 101 Å². The molecule has 0 saturated carbocycles. The molecule has 17 heavy (non-hydrogen) atoms. The number of hydrogen-bond acceptors (Lipinski definition) is 3. The summed E-state index contributed by atoms with van der Waals surface area (Å²) in [5.74, 6) is -0.424. The van der Waals surface area contributed by atoms with Crippen LogP contribution in [-0.2, 0) is 10.1 Å². The third-order valence-electron chi connectivity index (χ3n) is 2.49. The van der Waals surface area contributed by atoms with Crippen molar-refractivity contribution in [3.05, 3.63) is 35.4 Å². The number of Topliss-reactive ketones (excluding diaryl/α,β-unsaturated/α-hetero) is 1. The van der Waals surface area contributed by atoms with Gasteiger partial charge in [-0.1, -0.05) is 38.1 Å². The van der Waals surface area contributed by atoms with E-state index in [9.17, 15) is 13.2 Å². The molecule has 0 atom stereocenters. The van der Waals surface area contributed by atoms with Gasteiger partial charge in [0.05, 0.1) is 5.75 Å². The van der Waals surface area contributed by atoms with E-state index in [1.807, 2.05) is 12.1 Å². The minimum absolute atomic E-state index is 0.195. The highest BCUT2D eigenvalue weighted by atomic mass is 32.2. The topological polar surface area (TPSA) is 71.4 Å². The number of carbonyl (C=O) groups excluding carboxylic acids is 1. The largest absolute Gasteiger partial charge is 0.294 e.